The molecule has 4 heteroatoms. The summed E-state index contributed by atoms with van der Waals surface area (Å²) in [6, 6.07) is 2.21. The summed E-state index contributed by atoms with van der Waals surface area (Å²) in [7, 11) is 0. The molecule has 3 nitrogen and oxygen atoms in total. The van der Waals surface area contributed by atoms with Crippen molar-refractivity contribution in [1.82, 2.24) is 0 Å². The summed E-state index contributed by atoms with van der Waals surface area (Å²) in [5.74, 6) is -0.367. The van der Waals surface area contributed by atoms with Gasteiger partial charge in [-0.2, -0.15) is 0 Å². The molecular weight excluding hydrogens is 325 g/mol. The molecule has 0 aromatic heterocycles. The van der Waals surface area contributed by atoms with E-state index in [1.807, 2.05) is 19.2 Å². The average Bonchev–Trinajstić information content (AvgIpc) is 2.87. The molecule has 0 amide bonds. The largest absolute Gasteiger partial charge is 0.396 e. The quantitative estimate of drug-likeness (QED) is 0.525. The van der Waals surface area contributed by atoms with Gasteiger partial charge in [-0.15, -0.1) is 0 Å². The third-order valence-electron chi connectivity index (χ3n) is 5.52. The van der Waals surface area contributed by atoms with Gasteiger partial charge >= 0.3 is 0 Å². The van der Waals surface area contributed by atoms with E-state index in [9.17, 15) is 0 Å². The first-order valence-electron chi connectivity index (χ1n) is 9.66. The van der Waals surface area contributed by atoms with Gasteiger partial charge in [0.25, 0.3) is 0 Å². The molecule has 0 radical (unpaired) electrons. The minimum absolute atomic E-state index is 0.175. The zero-order valence-electron chi connectivity index (χ0n) is 16.0. The highest BCUT2D eigenvalue weighted by molar-refractivity contribution is 5.98. The van der Waals surface area contributed by atoms with Crippen LogP contribution in [0.5, 0.6) is 0 Å². The number of fused-ring (bicyclic) bond motifs is 1. The molecule has 1 aliphatic heterocycles. The Kier molecular flexibility index (Phi) is 5.40. The Bertz CT molecular complexity index is 755. The zero-order valence-corrected chi connectivity index (χ0v) is 16.0. The minimum Gasteiger partial charge on any atom is -0.396 e. The summed E-state index contributed by atoms with van der Waals surface area (Å²) >= 11 is 0. The summed E-state index contributed by atoms with van der Waals surface area (Å²) in [4.78, 5) is 2.10. The maximum absolute atomic E-state index is 15.1. The first-order valence-corrected chi connectivity index (χ1v) is 9.66. The van der Waals surface area contributed by atoms with Crippen LogP contribution in [-0.4, -0.2) is 12.6 Å². The molecule has 140 valence electrons. The molecule has 0 bridgehead atoms. The standard InChI is InChI=1S/C22H30FN3/c1-5-26-13-17(14(2)3)15(4)20-19(26)12-18(21(23)22(20)24)25-16-10-8-6-7-9-11-16/h12-13,16,25H,2,4-11,24H2,1,3H3. The van der Waals surface area contributed by atoms with E-state index in [1.165, 1.54) is 25.7 Å². The number of hydrogen-bond donors (Lipinski definition) is 2. The van der Waals surface area contributed by atoms with Crippen molar-refractivity contribution in [2.24, 2.45) is 0 Å². The number of nitrogen functional groups attached to an aromatic ring is 1. The second-order valence-electron chi connectivity index (χ2n) is 7.47. The highest BCUT2D eigenvalue weighted by Crippen LogP contribution is 2.45. The molecule has 0 unspecified atom stereocenters. The Balaban J connectivity index is 2.02. The van der Waals surface area contributed by atoms with Crippen LogP contribution in [0.4, 0.5) is 21.5 Å². The molecule has 1 saturated carbocycles. The van der Waals surface area contributed by atoms with Crippen molar-refractivity contribution in [1.29, 1.82) is 0 Å². The van der Waals surface area contributed by atoms with Crippen LogP contribution in [0.3, 0.4) is 0 Å². The number of halogens is 1. The smallest absolute Gasteiger partial charge is 0.169 e. The van der Waals surface area contributed by atoms with Crippen LogP contribution in [0.2, 0.25) is 0 Å². The van der Waals surface area contributed by atoms with Crippen LogP contribution >= 0.6 is 0 Å². The molecular formula is C22H30FN3. The number of nitrogens with two attached hydrogens (primary N) is 1. The highest BCUT2D eigenvalue weighted by Gasteiger charge is 2.27. The molecule has 0 atom stereocenters. The van der Waals surface area contributed by atoms with E-state index in [0.29, 0.717) is 17.3 Å². The first-order chi connectivity index (χ1) is 12.4. The Labute approximate surface area is 156 Å². The van der Waals surface area contributed by atoms with Crippen molar-refractivity contribution < 1.29 is 4.39 Å². The number of hydrogen-bond acceptors (Lipinski definition) is 3. The van der Waals surface area contributed by atoms with Gasteiger partial charge in [0, 0.05) is 29.9 Å². The fourth-order valence-electron chi connectivity index (χ4n) is 4.02. The van der Waals surface area contributed by atoms with Gasteiger partial charge in [0.05, 0.1) is 17.1 Å². The van der Waals surface area contributed by atoms with Crippen molar-refractivity contribution in [3.05, 3.63) is 48.0 Å². The molecule has 1 aromatic rings. The van der Waals surface area contributed by atoms with E-state index in [0.717, 1.165) is 41.8 Å². The number of nitrogens with zero attached hydrogens (tertiary/aromatic N) is 1. The summed E-state index contributed by atoms with van der Waals surface area (Å²) in [6.07, 6.45) is 9.14. The number of rotatable bonds is 4. The number of anilines is 3. The van der Waals surface area contributed by atoms with Crippen LogP contribution in [0, 0.1) is 5.82 Å². The number of benzene rings is 1. The predicted molar refractivity (Wildman–Crippen MR) is 111 cm³/mol. The third kappa shape index (κ3) is 3.37. The van der Waals surface area contributed by atoms with Gasteiger partial charge in [0.1, 0.15) is 0 Å². The van der Waals surface area contributed by atoms with Gasteiger partial charge in [-0.05, 0) is 43.9 Å². The van der Waals surface area contributed by atoms with E-state index >= 15 is 4.39 Å². The Morgan fingerprint density at radius 3 is 2.54 bits per heavy atom. The fraction of sp³-hybridized carbons (Fsp3) is 0.455. The Morgan fingerprint density at radius 2 is 1.96 bits per heavy atom. The van der Waals surface area contributed by atoms with E-state index in [2.05, 4.69) is 30.3 Å². The lowest BCUT2D eigenvalue weighted by atomic mass is 9.89. The van der Waals surface area contributed by atoms with Crippen LogP contribution < -0.4 is 16.0 Å². The molecule has 1 aliphatic carbocycles. The van der Waals surface area contributed by atoms with E-state index in [4.69, 9.17) is 5.73 Å². The highest BCUT2D eigenvalue weighted by atomic mass is 19.1. The van der Waals surface area contributed by atoms with Crippen molar-refractivity contribution in [3.8, 4) is 0 Å². The van der Waals surface area contributed by atoms with E-state index in [1.54, 1.807) is 0 Å². The SMILES string of the molecule is C=C(C)C1=CN(CC)c2cc(NC3CCCCCC3)c(F)c(N)c2C1=C. The van der Waals surface area contributed by atoms with Crippen molar-refractivity contribution >= 4 is 22.6 Å². The molecule has 2 aliphatic rings. The van der Waals surface area contributed by atoms with Crippen LogP contribution in [-0.2, 0) is 0 Å². The predicted octanol–water partition coefficient (Wildman–Crippen LogP) is 5.86. The van der Waals surface area contributed by atoms with Crippen molar-refractivity contribution in [3.63, 3.8) is 0 Å². The third-order valence-corrected chi connectivity index (χ3v) is 5.52. The molecule has 26 heavy (non-hydrogen) atoms. The second kappa shape index (κ2) is 7.56. The maximum atomic E-state index is 15.1. The summed E-state index contributed by atoms with van der Waals surface area (Å²) in [6.45, 7) is 13.0. The lowest BCUT2D eigenvalue weighted by Crippen LogP contribution is -2.25. The first kappa shape index (κ1) is 18.6. The van der Waals surface area contributed by atoms with Crippen LogP contribution in [0.1, 0.15) is 57.9 Å². The monoisotopic (exact) mass is 355 g/mol. The van der Waals surface area contributed by atoms with Crippen LogP contribution in [0.25, 0.3) is 5.57 Å². The van der Waals surface area contributed by atoms with Gasteiger partial charge in [-0.25, -0.2) is 4.39 Å². The van der Waals surface area contributed by atoms with Gasteiger partial charge in [0.2, 0.25) is 0 Å². The van der Waals surface area contributed by atoms with Gasteiger partial charge in [0.15, 0.2) is 5.82 Å². The second-order valence-corrected chi connectivity index (χ2v) is 7.47. The van der Waals surface area contributed by atoms with Gasteiger partial charge < -0.3 is 16.0 Å². The van der Waals surface area contributed by atoms with Gasteiger partial charge in [-0.1, -0.05) is 38.8 Å². The zero-order chi connectivity index (χ0) is 18.8. The summed E-state index contributed by atoms with van der Waals surface area (Å²) < 4.78 is 15.1. The van der Waals surface area contributed by atoms with Crippen molar-refractivity contribution in [2.45, 2.75) is 58.4 Å². The number of allylic oxidation sites excluding steroid dienone is 3. The molecule has 0 saturated heterocycles. The minimum atomic E-state index is -0.367. The Hall–Kier alpha value is -2.23. The molecule has 0 spiro atoms. The lowest BCUT2D eigenvalue weighted by molar-refractivity contribution is 0.599. The normalized spacial score (nSPS) is 18.2. The summed E-state index contributed by atoms with van der Waals surface area (Å²) in [5, 5.41) is 3.42. The average molecular weight is 356 g/mol. The van der Waals surface area contributed by atoms with E-state index < -0.39 is 0 Å². The molecule has 1 aromatic carbocycles. The van der Waals surface area contributed by atoms with Gasteiger partial charge in [-0.3, -0.25) is 0 Å². The molecule has 3 N–H and O–H groups in total. The molecule has 3 rings (SSSR count). The summed E-state index contributed by atoms with van der Waals surface area (Å²) in [5.41, 5.74) is 11.1. The van der Waals surface area contributed by atoms with Crippen LogP contribution in [0.15, 0.2) is 36.6 Å². The molecule has 1 fully saturated rings. The number of nitrogens with one attached hydrogen (secondary N) is 1. The van der Waals surface area contributed by atoms with E-state index in [-0.39, 0.29) is 11.5 Å². The molecule has 1 heterocycles. The maximum Gasteiger partial charge on any atom is 0.169 e. The van der Waals surface area contributed by atoms with Crippen molar-refractivity contribution in [2.75, 3.05) is 22.5 Å². The Morgan fingerprint density at radius 1 is 1.31 bits per heavy atom. The topological polar surface area (TPSA) is 41.3 Å². The lowest BCUT2D eigenvalue weighted by Gasteiger charge is -2.32. The fourth-order valence-corrected chi connectivity index (χ4v) is 4.02.